The standard InChI is InChI=1S/C16H13FN2O3/c1-22-13-8-7-10(9-12(13)17)14-15(20)18-16(21)19(14)11-5-3-2-4-6-11/h2-9,14H,1H3,(H,18,20,21). The summed E-state index contributed by atoms with van der Waals surface area (Å²) in [7, 11) is 1.36. The highest BCUT2D eigenvalue weighted by molar-refractivity contribution is 6.14. The van der Waals surface area contributed by atoms with E-state index in [-0.39, 0.29) is 5.75 Å². The number of halogens is 1. The van der Waals surface area contributed by atoms with Crippen molar-refractivity contribution in [3.8, 4) is 5.75 Å². The zero-order valence-electron chi connectivity index (χ0n) is 11.7. The quantitative estimate of drug-likeness (QED) is 0.887. The van der Waals surface area contributed by atoms with Crippen LogP contribution in [0.25, 0.3) is 0 Å². The van der Waals surface area contributed by atoms with Crippen molar-refractivity contribution in [1.82, 2.24) is 5.32 Å². The molecule has 0 aromatic heterocycles. The molecule has 0 bridgehead atoms. The Morgan fingerprint density at radius 2 is 1.86 bits per heavy atom. The first-order valence-electron chi connectivity index (χ1n) is 6.64. The number of rotatable bonds is 3. The highest BCUT2D eigenvalue weighted by Gasteiger charge is 2.40. The zero-order chi connectivity index (χ0) is 15.7. The van der Waals surface area contributed by atoms with Crippen LogP contribution in [0.1, 0.15) is 11.6 Å². The van der Waals surface area contributed by atoms with Crippen LogP contribution in [0.15, 0.2) is 48.5 Å². The van der Waals surface area contributed by atoms with Crippen molar-refractivity contribution in [1.29, 1.82) is 0 Å². The molecule has 1 saturated heterocycles. The van der Waals surface area contributed by atoms with Gasteiger partial charge in [-0.15, -0.1) is 0 Å². The lowest BCUT2D eigenvalue weighted by Gasteiger charge is -2.22. The molecule has 0 saturated carbocycles. The van der Waals surface area contributed by atoms with Gasteiger partial charge in [-0.05, 0) is 29.8 Å². The van der Waals surface area contributed by atoms with Crippen LogP contribution in [-0.4, -0.2) is 19.0 Å². The Morgan fingerprint density at radius 1 is 1.14 bits per heavy atom. The van der Waals surface area contributed by atoms with E-state index < -0.39 is 23.8 Å². The van der Waals surface area contributed by atoms with Gasteiger partial charge in [0.15, 0.2) is 11.6 Å². The number of imide groups is 1. The number of nitrogens with one attached hydrogen (secondary N) is 1. The largest absolute Gasteiger partial charge is 0.494 e. The third kappa shape index (κ3) is 2.28. The molecule has 1 atom stereocenters. The van der Waals surface area contributed by atoms with Crippen molar-refractivity contribution in [3.05, 3.63) is 59.9 Å². The van der Waals surface area contributed by atoms with Crippen LogP contribution in [0, 0.1) is 5.82 Å². The number of nitrogens with zero attached hydrogens (tertiary/aromatic N) is 1. The molecule has 112 valence electrons. The second kappa shape index (κ2) is 5.48. The van der Waals surface area contributed by atoms with Crippen LogP contribution in [0.3, 0.4) is 0 Å². The Morgan fingerprint density at radius 3 is 2.50 bits per heavy atom. The Bertz CT molecular complexity index is 733. The maximum Gasteiger partial charge on any atom is 0.329 e. The minimum atomic E-state index is -0.907. The number of urea groups is 1. The summed E-state index contributed by atoms with van der Waals surface area (Å²) in [5.74, 6) is -0.988. The lowest BCUT2D eigenvalue weighted by molar-refractivity contribution is -0.119. The summed E-state index contributed by atoms with van der Waals surface area (Å²) in [5.41, 5.74) is 0.942. The molecular formula is C16H13FN2O3. The fourth-order valence-electron chi connectivity index (χ4n) is 2.48. The number of anilines is 1. The number of carbonyl (C=O) groups is 2. The van der Waals surface area contributed by atoms with Crippen LogP contribution in [0.2, 0.25) is 0 Å². The summed E-state index contributed by atoms with van der Waals surface area (Å²) in [6.45, 7) is 0. The zero-order valence-corrected chi connectivity index (χ0v) is 11.7. The van der Waals surface area contributed by atoms with Gasteiger partial charge in [-0.3, -0.25) is 15.0 Å². The van der Waals surface area contributed by atoms with Gasteiger partial charge in [0, 0.05) is 5.69 Å². The molecule has 2 aromatic carbocycles. The first-order chi connectivity index (χ1) is 10.6. The molecule has 6 heteroatoms. The Kier molecular flexibility index (Phi) is 3.50. The van der Waals surface area contributed by atoms with Crippen LogP contribution in [0.4, 0.5) is 14.9 Å². The summed E-state index contributed by atoms with van der Waals surface area (Å²) in [6, 6.07) is 11.5. The molecule has 1 unspecified atom stereocenters. The molecule has 1 N–H and O–H groups in total. The van der Waals surface area contributed by atoms with Crippen molar-refractivity contribution in [2.75, 3.05) is 12.0 Å². The molecule has 22 heavy (non-hydrogen) atoms. The summed E-state index contributed by atoms with van der Waals surface area (Å²) < 4.78 is 18.8. The second-order valence-electron chi connectivity index (χ2n) is 4.80. The van der Waals surface area contributed by atoms with Gasteiger partial charge in [-0.25, -0.2) is 9.18 Å². The number of benzene rings is 2. The van der Waals surface area contributed by atoms with E-state index in [2.05, 4.69) is 5.32 Å². The predicted octanol–water partition coefficient (Wildman–Crippen LogP) is 2.63. The fourth-order valence-corrected chi connectivity index (χ4v) is 2.48. The van der Waals surface area contributed by atoms with Gasteiger partial charge in [0.25, 0.3) is 5.91 Å². The maximum atomic E-state index is 13.9. The van der Waals surface area contributed by atoms with Crippen molar-refractivity contribution in [2.24, 2.45) is 0 Å². The second-order valence-corrected chi connectivity index (χ2v) is 4.80. The molecule has 1 fully saturated rings. The molecule has 3 amide bonds. The Hall–Kier alpha value is -2.89. The summed E-state index contributed by atoms with van der Waals surface area (Å²) >= 11 is 0. The Labute approximate surface area is 126 Å². The monoisotopic (exact) mass is 300 g/mol. The van der Waals surface area contributed by atoms with Crippen molar-refractivity contribution in [2.45, 2.75) is 6.04 Å². The topological polar surface area (TPSA) is 58.6 Å². The predicted molar refractivity (Wildman–Crippen MR) is 78.2 cm³/mol. The molecule has 0 spiro atoms. The van der Waals surface area contributed by atoms with E-state index in [9.17, 15) is 14.0 Å². The van der Waals surface area contributed by atoms with E-state index in [1.807, 2.05) is 0 Å². The van der Waals surface area contributed by atoms with Gasteiger partial charge >= 0.3 is 6.03 Å². The number of methoxy groups -OCH3 is 1. The van der Waals surface area contributed by atoms with E-state index in [0.29, 0.717) is 11.3 Å². The first-order valence-corrected chi connectivity index (χ1v) is 6.64. The van der Waals surface area contributed by atoms with Crippen LogP contribution in [-0.2, 0) is 4.79 Å². The lowest BCUT2D eigenvalue weighted by Crippen LogP contribution is -2.29. The molecule has 0 radical (unpaired) electrons. The summed E-state index contributed by atoms with van der Waals surface area (Å²) in [5, 5.41) is 2.26. The van der Waals surface area contributed by atoms with Crippen LogP contribution < -0.4 is 15.0 Å². The van der Waals surface area contributed by atoms with E-state index in [1.54, 1.807) is 36.4 Å². The van der Waals surface area contributed by atoms with Crippen LogP contribution in [0.5, 0.6) is 5.75 Å². The van der Waals surface area contributed by atoms with E-state index in [4.69, 9.17) is 4.74 Å². The minimum absolute atomic E-state index is 0.0831. The van der Waals surface area contributed by atoms with Crippen molar-refractivity contribution >= 4 is 17.6 Å². The van der Waals surface area contributed by atoms with Gasteiger partial charge in [0.2, 0.25) is 0 Å². The molecule has 0 aliphatic carbocycles. The third-order valence-electron chi connectivity index (χ3n) is 3.48. The van der Waals surface area contributed by atoms with Gasteiger partial charge in [0.1, 0.15) is 6.04 Å². The molecule has 2 aromatic rings. The smallest absolute Gasteiger partial charge is 0.329 e. The molecule has 3 rings (SSSR count). The molecular weight excluding hydrogens is 287 g/mol. The normalized spacial score (nSPS) is 17.5. The number of hydrogen-bond donors (Lipinski definition) is 1. The van der Waals surface area contributed by atoms with E-state index in [0.717, 1.165) is 0 Å². The number of ether oxygens (including phenoxy) is 1. The number of amides is 3. The Balaban J connectivity index is 2.05. The minimum Gasteiger partial charge on any atom is -0.494 e. The molecule has 5 nitrogen and oxygen atoms in total. The molecule has 1 heterocycles. The van der Waals surface area contributed by atoms with E-state index >= 15 is 0 Å². The van der Waals surface area contributed by atoms with Crippen LogP contribution >= 0.6 is 0 Å². The average molecular weight is 300 g/mol. The third-order valence-corrected chi connectivity index (χ3v) is 3.48. The fraction of sp³-hybridized carbons (Fsp3) is 0.125. The van der Waals surface area contributed by atoms with Gasteiger partial charge in [-0.1, -0.05) is 24.3 Å². The summed E-state index contributed by atoms with van der Waals surface area (Å²) in [6.07, 6.45) is 0. The number of carbonyl (C=O) groups excluding carboxylic acids is 2. The highest BCUT2D eigenvalue weighted by atomic mass is 19.1. The van der Waals surface area contributed by atoms with Gasteiger partial charge in [-0.2, -0.15) is 0 Å². The lowest BCUT2D eigenvalue weighted by atomic mass is 10.0. The van der Waals surface area contributed by atoms with Crippen molar-refractivity contribution in [3.63, 3.8) is 0 Å². The highest BCUT2D eigenvalue weighted by Crippen LogP contribution is 2.32. The summed E-state index contributed by atoms with van der Waals surface area (Å²) in [4.78, 5) is 25.5. The van der Waals surface area contributed by atoms with Gasteiger partial charge in [0.05, 0.1) is 7.11 Å². The van der Waals surface area contributed by atoms with Gasteiger partial charge < -0.3 is 4.74 Å². The maximum absolute atomic E-state index is 13.9. The first kappa shape index (κ1) is 14.1. The average Bonchev–Trinajstić information content (AvgIpc) is 2.82. The molecule has 1 aliphatic rings. The molecule has 1 aliphatic heterocycles. The SMILES string of the molecule is COc1ccc(C2C(=O)NC(=O)N2c2ccccc2)cc1F. The van der Waals surface area contributed by atoms with Crippen molar-refractivity contribution < 1.29 is 18.7 Å². The van der Waals surface area contributed by atoms with E-state index in [1.165, 1.54) is 24.1 Å². The number of para-hydroxylation sites is 1. The number of hydrogen-bond acceptors (Lipinski definition) is 3.